The summed E-state index contributed by atoms with van der Waals surface area (Å²) in [6.07, 6.45) is 2.00. The molecule has 9 nitrogen and oxygen atoms in total. The van der Waals surface area contributed by atoms with Crippen LogP contribution in [-0.2, 0) is 25.6 Å². The Kier molecular flexibility index (Phi) is 7.66. The van der Waals surface area contributed by atoms with Gasteiger partial charge in [-0.1, -0.05) is 23.4 Å². The van der Waals surface area contributed by atoms with Crippen molar-refractivity contribution in [3.63, 3.8) is 0 Å². The third-order valence-electron chi connectivity index (χ3n) is 5.80. The van der Waals surface area contributed by atoms with Crippen LogP contribution in [0.5, 0.6) is 0 Å². The van der Waals surface area contributed by atoms with E-state index < -0.39 is 16.5 Å². The van der Waals surface area contributed by atoms with Gasteiger partial charge in [0.25, 0.3) is 0 Å². The number of carbonyl (C=O) groups excluding carboxylic acids is 1. The highest BCUT2D eigenvalue weighted by atomic mass is 32.2. The summed E-state index contributed by atoms with van der Waals surface area (Å²) >= 11 is -0.570. The average Bonchev–Trinajstić information content (AvgIpc) is 3.48. The third kappa shape index (κ3) is 6.01. The molecule has 1 fully saturated rings. The van der Waals surface area contributed by atoms with Crippen molar-refractivity contribution in [2.75, 3.05) is 24.3 Å². The molecule has 2 atom stereocenters. The standard InChI is InChI=1S/C23H30N4O5S2/c1-23(2,3)22(28)32-27-10-8-15(9-11-27)21-25-19(13-33-21)18-12-20(31-26-18)16-6-4-5-7-17(16)24-14-34(29)30/h4-7,13,15,20,24H,8-12,14H2,1-3H3,(H,29,30)/p-1. The van der Waals surface area contributed by atoms with E-state index in [0.29, 0.717) is 31.1 Å². The van der Waals surface area contributed by atoms with Crippen LogP contribution < -0.4 is 5.32 Å². The molecule has 0 radical (unpaired) electrons. The molecule has 1 N–H and O–H groups in total. The molecule has 11 heteroatoms. The second-order valence-corrected chi connectivity index (χ2v) is 11.2. The smallest absolute Gasteiger partial charge is 0.330 e. The molecule has 2 unspecified atom stereocenters. The Morgan fingerprint density at radius 2 is 2.06 bits per heavy atom. The maximum Gasteiger partial charge on any atom is 0.330 e. The van der Waals surface area contributed by atoms with Crippen molar-refractivity contribution in [1.29, 1.82) is 0 Å². The van der Waals surface area contributed by atoms with Crippen LogP contribution in [0.4, 0.5) is 5.69 Å². The number of rotatable bonds is 7. The molecule has 184 valence electrons. The first-order valence-corrected chi connectivity index (χ1v) is 13.4. The molecule has 1 aromatic heterocycles. The van der Waals surface area contributed by atoms with Gasteiger partial charge in [0, 0.05) is 42.1 Å². The highest BCUT2D eigenvalue weighted by molar-refractivity contribution is 7.79. The Morgan fingerprint density at radius 3 is 2.76 bits per heavy atom. The van der Waals surface area contributed by atoms with Gasteiger partial charge >= 0.3 is 5.97 Å². The van der Waals surface area contributed by atoms with Gasteiger partial charge in [0.2, 0.25) is 0 Å². The summed E-state index contributed by atoms with van der Waals surface area (Å²) < 4.78 is 21.9. The normalized spacial score (nSPS) is 20.5. The maximum absolute atomic E-state index is 12.1. The molecule has 4 rings (SSSR count). The Morgan fingerprint density at radius 1 is 1.32 bits per heavy atom. The molecule has 2 aliphatic rings. The van der Waals surface area contributed by atoms with Gasteiger partial charge < -0.3 is 19.5 Å². The molecule has 0 spiro atoms. The molecular weight excluding hydrogens is 476 g/mol. The van der Waals surface area contributed by atoms with Gasteiger partial charge in [0.1, 0.15) is 5.71 Å². The van der Waals surface area contributed by atoms with Gasteiger partial charge in [0.05, 0.1) is 22.0 Å². The number of nitrogens with one attached hydrogen (secondary N) is 1. The first kappa shape index (κ1) is 24.8. The van der Waals surface area contributed by atoms with Crippen LogP contribution in [0.2, 0.25) is 0 Å². The van der Waals surface area contributed by atoms with Gasteiger partial charge in [-0.2, -0.15) is 0 Å². The van der Waals surface area contributed by atoms with E-state index in [-0.39, 0.29) is 18.0 Å². The molecule has 0 saturated carbocycles. The number of oxime groups is 1. The van der Waals surface area contributed by atoms with E-state index in [1.165, 1.54) is 0 Å². The zero-order valence-corrected chi connectivity index (χ0v) is 21.1. The van der Waals surface area contributed by atoms with E-state index in [0.717, 1.165) is 34.8 Å². The minimum atomic E-state index is -2.19. The summed E-state index contributed by atoms with van der Waals surface area (Å²) in [5, 5.41) is 12.0. The van der Waals surface area contributed by atoms with Crippen molar-refractivity contribution >= 4 is 39.8 Å². The fourth-order valence-corrected chi connectivity index (χ4v) is 5.10. The van der Waals surface area contributed by atoms with Gasteiger partial charge in [-0.05, 0) is 50.8 Å². The molecule has 1 saturated heterocycles. The highest BCUT2D eigenvalue weighted by Gasteiger charge is 2.31. The Balaban J connectivity index is 1.34. The number of anilines is 1. The Hall–Kier alpha value is -2.34. The van der Waals surface area contributed by atoms with Crippen molar-refractivity contribution in [2.45, 2.75) is 52.1 Å². The van der Waals surface area contributed by atoms with Gasteiger partial charge in [-0.3, -0.25) is 4.21 Å². The van der Waals surface area contributed by atoms with Crippen molar-refractivity contribution in [3.05, 3.63) is 45.9 Å². The van der Waals surface area contributed by atoms with Crippen LogP contribution in [0.15, 0.2) is 34.8 Å². The van der Waals surface area contributed by atoms with Crippen LogP contribution in [0, 0.1) is 5.41 Å². The lowest BCUT2D eigenvalue weighted by Crippen LogP contribution is -2.38. The fraction of sp³-hybridized carbons (Fsp3) is 0.522. The molecule has 2 aliphatic heterocycles. The summed E-state index contributed by atoms with van der Waals surface area (Å²) in [6.45, 7) is 6.92. The second-order valence-electron chi connectivity index (χ2n) is 9.45. The summed E-state index contributed by atoms with van der Waals surface area (Å²) in [5.74, 6) is -0.0597. The second kappa shape index (κ2) is 10.5. The third-order valence-corrected chi connectivity index (χ3v) is 7.19. The maximum atomic E-state index is 12.1. The summed E-state index contributed by atoms with van der Waals surface area (Å²) in [4.78, 5) is 28.2. The van der Waals surface area contributed by atoms with Crippen LogP contribution in [0.25, 0.3) is 0 Å². The summed E-state index contributed by atoms with van der Waals surface area (Å²) in [7, 11) is 0. The molecule has 2 aromatic rings. The molecule has 0 bridgehead atoms. The van der Waals surface area contributed by atoms with Crippen LogP contribution in [0.1, 0.15) is 68.3 Å². The molecule has 34 heavy (non-hydrogen) atoms. The van der Waals surface area contributed by atoms with E-state index in [2.05, 4.69) is 10.5 Å². The zero-order valence-electron chi connectivity index (χ0n) is 19.5. The number of hydrogen-bond donors (Lipinski definition) is 1. The number of piperidine rings is 1. The summed E-state index contributed by atoms with van der Waals surface area (Å²) in [6, 6.07) is 7.47. The SMILES string of the molecule is CC(C)(C)C(=O)ON1CCC(c2nc(C3=NOC(c4ccccc4NCS(=O)[O-])C3)cs2)CC1. The van der Waals surface area contributed by atoms with Gasteiger partial charge in [0.15, 0.2) is 6.10 Å². The molecule has 0 aliphatic carbocycles. The van der Waals surface area contributed by atoms with E-state index in [1.807, 2.05) is 50.4 Å². The molecule has 0 amide bonds. The topological polar surface area (TPSA) is 116 Å². The minimum absolute atomic E-state index is 0.166. The van der Waals surface area contributed by atoms with Gasteiger partial charge in [-0.25, -0.2) is 9.78 Å². The number of para-hydroxylation sites is 1. The van der Waals surface area contributed by atoms with E-state index >= 15 is 0 Å². The number of hydroxylamine groups is 2. The predicted molar refractivity (Wildman–Crippen MR) is 130 cm³/mol. The molecule has 1 aromatic carbocycles. The van der Waals surface area contributed by atoms with E-state index in [9.17, 15) is 13.6 Å². The Labute approximate surface area is 205 Å². The van der Waals surface area contributed by atoms with Crippen LogP contribution in [-0.4, -0.2) is 49.5 Å². The Bertz CT molecular complexity index is 1070. The van der Waals surface area contributed by atoms with Crippen molar-refractivity contribution in [2.24, 2.45) is 10.6 Å². The molecular formula is C23H29N4O5S2-. The van der Waals surface area contributed by atoms with E-state index in [4.69, 9.17) is 14.7 Å². The predicted octanol–water partition coefficient (Wildman–Crippen LogP) is 3.94. The summed E-state index contributed by atoms with van der Waals surface area (Å²) in [5.41, 5.74) is 2.65. The first-order valence-electron chi connectivity index (χ1n) is 11.2. The van der Waals surface area contributed by atoms with Crippen molar-refractivity contribution < 1.29 is 23.2 Å². The quantitative estimate of drug-likeness (QED) is 0.563. The number of nitrogens with zero attached hydrogens (tertiary/aromatic N) is 3. The largest absolute Gasteiger partial charge is 0.771 e. The minimum Gasteiger partial charge on any atom is -0.771 e. The lowest BCUT2D eigenvalue weighted by atomic mass is 9.97. The highest BCUT2D eigenvalue weighted by Crippen LogP contribution is 2.36. The van der Waals surface area contributed by atoms with E-state index in [1.54, 1.807) is 16.4 Å². The average molecular weight is 506 g/mol. The van der Waals surface area contributed by atoms with Gasteiger partial charge in [-0.15, -0.1) is 16.4 Å². The van der Waals surface area contributed by atoms with Crippen LogP contribution in [0.3, 0.4) is 0 Å². The first-order chi connectivity index (χ1) is 16.2. The number of aromatic nitrogens is 1. The molecule has 3 heterocycles. The monoisotopic (exact) mass is 505 g/mol. The number of hydrogen-bond acceptors (Lipinski definition) is 10. The van der Waals surface area contributed by atoms with Crippen molar-refractivity contribution in [1.82, 2.24) is 10.0 Å². The lowest BCUT2D eigenvalue weighted by Gasteiger charge is -2.31. The lowest BCUT2D eigenvalue weighted by molar-refractivity contribution is -0.204. The number of carbonyl (C=O) groups is 1. The van der Waals surface area contributed by atoms with Crippen molar-refractivity contribution in [3.8, 4) is 0 Å². The fourth-order valence-electron chi connectivity index (χ4n) is 3.83. The number of thiazole rings is 1. The number of benzene rings is 1. The van der Waals surface area contributed by atoms with Crippen LogP contribution >= 0.6 is 11.3 Å². The zero-order chi connectivity index (χ0) is 24.3.